The minimum Gasteiger partial charge on any atom is -0.497 e. The Morgan fingerprint density at radius 3 is 2.43 bits per heavy atom. The highest BCUT2D eigenvalue weighted by Crippen LogP contribution is 2.54. The molecular formula is C21H20N4O3. The van der Waals surface area contributed by atoms with E-state index in [2.05, 4.69) is 9.97 Å². The smallest absolute Gasteiger partial charge is 0.176 e. The fraction of sp³-hybridized carbons (Fsp3) is 0.286. The molecule has 1 unspecified atom stereocenters. The van der Waals surface area contributed by atoms with Crippen molar-refractivity contribution in [1.82, 2.24) is 9.97 Å². The molecule has 2 aliphatic rings. The Kier molecular flexibility index (Phi) is 3.49. The summed E-state index contributed by atoms with van der Waals surface area (Å²) in [6, 6.07) is 13.1. The summed E-state index contributed by atoms with van der Waals surface area (Å²) in [5, 5.41) is 8.86. The Hall–Kier alpha value is -3.35. The third-order valence-electron chi connectivity index (χ3n) is 5.66. The predicted octanol–water partition coefficient (Wildman–Crippen LogP) is 3.26. The van der Waals surface area contributed by atoms with Gasteiger partial charge in [0, 0.05) is 18.2 Å². The van der Waals surface area contributed by atoms with Gasteiger partial charge < -0.3 is 19.4 Å². The molecule has 1 aromatic heterocycles. The molecule has 1 aliphatic carbocycles. The molecule has 7 nitrogen and oxygen atoms in total. The summed E-state index contributed by atoms with van der Waals surface area (Å²) in [4.78, 5) is 23.0. The summed E-state index contributed by atoms with van der Waals surface area (Å²) in [7, 11) is 3.17. The van der Waals surface area contributed by atoms with Crippen molar-refractivity contribution in [2.24, 2.45) is 0 Å². The maximum Gasteiger partial charge on any atom is 0.176 e. The van der Waals surface area contributed by atoms with Crippen LogP contribution in [0.4, 0.5) is 5.69 Å². The molecule has 2 heterocycles. The number of imidazole rings is 1. The molecule has 2 N–H and O–H groups in total. The number of para-hydroxylation sites is 2. The van der Waals surface area contributed by atoms with Gasteiger partial charge in [0.05, 0.1) is 30.9 Å². The highest BCUT2D eigenvalue weighted by Gasteiger charge is 2.65. The first-order chi connectivity index (χ1) is 13.6. The second-order valence-corrected chi connectivity index (χ2v) is 7.26. The predicted molar refractivity (Wildman–Crippen MR) is 106 cm³/mol. The summed E-state index contributed by atoms with van der Waals surface area (Å²) >= 11 is 0. The molecule has 3 aromatic rings. The SMILES string of the molecule is COc1cc(OC)cc(N2C(=N)C(c3nc4ccccc4[nH]3)C(=O)C23CC3)c1. The fourth-order valence-electron chi connectivity index (χ4n) is 4.12. The van der Waals surface area contributed by atoms with Crippen molar-refractivity contribution in [2.75, 3.05) is 19.1 Å². The van der Waals surface area contributed by atoms with Crippen molar-refractivity contribution in [3.8, 4) is 11.5 Å². The largest absolute Gasteiger partial charge is 0.497 e. The highest BCUT2D eigenvalue weighted by molar-refractivity contribution is 6.27. The number of hydrogen-bond donors (Lipinski definition) is 2. The van der Waals surface area contributed by atoms with Crippen LogP contribution in [0.5, 0.6) is 11.5 Å². The van der Waals surface area contributed by atoms with Crippen molar-refractivity contribution in [3.63, 3.8) is 0 Å². The zero-order chi connectivity index (χ0) is 19.5. The monoisotopic (exact) mass is 376 g/mol. The van der Waals surface area contributed by atoms with E-state index in [1.807, 2.05) is 41.3 Å². The highest BCUT2D eigenvalue weighted by atomic mass is 16.5. The van der Waals surface area contributed by atoms with Gasteiger partial charge in [-0.3, -0.25) is 10.2 Å². The van der Waals surface area contributed by atoms with Gasteiger partial charge in [-0.05, 0) is 25.0 Å². The number of hydrogen-bond acceptors (Lipinski definition) is 5. The molecule has 0 radical (unpaired) electrons. The van der Waals surface area contributed by atoms with Gasteiger partial charge in [0.25, 0.3) is 0 Å². The Balaban J connectivity index is 1.61. The van der Waals surface area contributed by atoms with E-state index in [1.165, 1.54) is 0 Å². The number of fused-ring (bicyclic) bond motifs is 1. The molecule has 0 amide bonds. The van der Waals surface area contributed by atoms with Gasteiger partial charge in [-0.1, -0.05) is 12.1 Å². The normalized spacial score (nSPS) is 20.2. The number of aromatic nitrogens is 2. The number of nitrogens with one attached hydrogen (secondary N) is 2. The molecule has 1 spiro atoms. The fourth-order valence-corrected chi connectivity index (χ4v) is 4.12. The third kappa shape index (κ3) is 2.25. The topological polar surface area (TPSA) is 91.3 Å². The number of H-pyrrole nitrogens is 1. The van der Waals surface area contributed by atoms with Gasteiger partial charge in [-0.25, -0.2) is 4.98 Å². The number of nitrogens with zero attached hydrogens (tertiary/aromatic N) is 2. The average Bonchev–Trinajstić information content (AvgIpc) is 3.33. The number of methoxy groups -OCH3 is 2. The molecule has 1 atom stereocenters. The van der Waals surface area contributed by atoms with E-state index >= 15 is 0 Å². The van der Waals surface area contributed by atoms with Gasteiger partial charge in [0.1, 0.15) is 34.6 Å². The maximum atomic E-state index is 13.4. The van der Waals surface area contributed by atoms with E-state index in [-0.39, 0.29) is 11.6 Å². The lowest BCUT2D eigenvalue weighted by Gasteiger charge is -2.26. The standard InChI is InChI=1S/C21H20N4O3/c1-27-13-9-12(10-14(11-13)28-2)25-19(22)17(18(26)21(25)7-8-21)20-23-15-5-3-4-6-16(15)24-20/h3-6,9-11,17,22H,7-8H2,1-2H3,(H,23,24). The van der Waals surface area contributed by atoms with Crippen LogP contribution in [0.2, 0.25) is 0 Å². The molecule has 1 aliphatic heterocycles. The third-order valence-corrected chi connectivity index (χ3v) is 5.66. The Bertz CT molecular complexity index is 1060. The summed E-state index contributed by atoms with van der Waals surface area (Å²) in [6.07, 6.45) is 1.45. The van der Waals surface area contributed by atoms with Crippen molar-refractivity contribution in [1.29, 1.82) is 5.41 Å². The summed E-state index contributed by atoms with van der Waals surface area (Å²) in [6.45, 7) is 0. The van der Waals surface area contributed by atoms with Gasteiger partial charge in [0.2, 0.25) is 0 Å². The van der Waals surface area contributed by atoms with Crippen LogP contribution >= 0.6 is 0 Å². The minimum atomic E-state index is -0.702. The molecule has 0 bridgehead atoms. The minimum absolute atomic E-state index is 0.0262. The number of rotatable bonds is 4. The Labute approximate surface area is 161 Å². The van der Waals surface area contributed by atoms with E-state index in [1.54, 1.807) is 20.3 Å². The second kappa shape index (κ2) is 5.82. The first-order valence-electron chi connectivity index (χ1n) is 9.18. The van der Waals surface area contributed by atoms with Crippen LogP contribution < -0.4 is 14.4 Å². The number of benzene rings is 2. The molecule has 28 heavy (non-hydrogen) atoms. The zero-order valence-electron chi connectivity index (χ0n) is 15.7. The van der Waals surface area contributed by atoms with Crippen LogP contribution in [-0.4, -0.2) is 41.3 Å². The van der Waals surface area contributed by atoms with E-state index < -0.39 is 11.5 Å². The molecule has 2 aromatic carbocycles. The van der Waals surface area contributed by atoms with Crippen LogP contribution in [0.1, 0.15) is 24.6 Å². The number of aromatic amines is 1. The van der Waals surface area contributed by atoms with Gasteiger partial charge in [0.15, 0.2) is 5.78 Å². The summed E-state index contributed by atoms with van der Waals surface area (Å²) in [5.41, 5.74) is 1.72. The van der Waals surface area contributed by atoms with Crippen LogP contribution in [0.15, 0.2) is 42.5 Å². The molecule has 2 fully saturated rings. The number of anilines is 1. The number of carbonyl (C=O) groups is 1. The Morgan fingerprint density at radius 2 is 1.82 bits per heavy atom. The van der Waals surface area contributed by atoms with E-state index in [4.69, 9.17) is 14.9 Å². The molecule has 1 saturated carbocycles. The molecule has 7 heteroatoms. The molecular weight excluding hydrogens is 356 g/mol. The lowest BCUT2D eigenvalue weighted by molar-refractivity contribution is -0.120. The van der Waals surface area contributed by atoms with E-state index in [9.17, 15) is 4.79 Å². The number of Topliss-reactive ketones (excluding diaryl/α,β-unsaturated/α-hetero) is 1. The van der Waals surface area contributed by atoms with Crippen molar-refractivity contribution < 1.29 is 14.3 Å². The van der Waals surface area contributed by atoms with Crippen molar-refractivity contribution in [3.05, 3.63) is 48.3 Å². The number of ether oxygens (including phenoxy) is 2. The number of amidine groups is 1. The van der Waals surface area contributed by atoms with Gasteiger partial charge in [-0.15, -0.1) is 0 Å². The number of ketones is 1. The lowest BCUT2D eigenvalue weighted by atomic mass is 10.0. The Morgan fingerprint density at radius 1 is 1.14 bits per heavy atom. The molecule has 1 saturated heterocycles. The van der Waals surface area contributed by atoms with Gasteiger partial charge >= 0.3 is 0 Å². The average molecular weight is 376 g/mol. The van der Waals surface area contributed by atoms with Crippen LogP contribution in [0.25, 0.3) is 11.0 Å². The second-order valence-electron chi connectivity index (χ2n) is 7.26. The summed E-state index contributed by atoms with van der Waals surface area (Å²) in [5.74, 6) is 1.33. The van der Waals surface area contributed by atoms with Crippen LogP contribution in [-0.2, 0) is 4.79 Å². The van der Waals surface area contributed by atoms with Gasteiger partial charge in [-0.2, -0.15) is 0 Å². The molecule has 5 rings (SSSR count). The van der Waals surface area contributed by atoms with Crippen molar-refractivity contribution in [2.45, 2.75) is 24.3 Å². The first-order valence-corrected chi connectivity index (χ1v) is 9.18. The molecule has 142 valence electrons. The van der Waals surface area contributed by atoms with Crippen molar-refractivity contribution >= 4 is 28.3 Å². The van der Waals surface area contributed by atoms with Crippen LogP contribution in [0, 0.1) is 5.41 Å². The maximum absolute atomic E-state index is 13.4. The summed E-state index contributed by atoms with van der Waals surface area (Å²) < 4.78 is 10.8. The van der Waals surface area contributed by atoms with Crippen LogP contribution in [0.3, 0.4) is 0 Å². The van der Waals surface area contributed by atoms with E-state index in [0.29, 0.717) is 17.3 Å². The van der Waals surface area contributed by atoms with E-state index in [0.717, 1.165) is 29.6 Å². The lowest BCUT2D eigenvalue weighted by Crippen LogP contribution is -2.37. The first kappa shape index (κ1) is 16.8. The zero-order valence-corrected chi connectivity index (χ0v) is 15.7. The number of carbonyl (C=O) groups excluding carboxylic acids is 1. The quantitative estimate of drug-likeness (QED) is 0.729.